The molecule has 0 fully saturated rings. The quantitative estimate of drug-likeness (QED) is 0.398. The van der Waals surface area contributed by atoms with Crippen molar-refractivity contribution in [3.8, 4) is 22.9 Å². The van der Waals surface area contributed by atoms with Gasteiger partial charge in [-0.1, -0.05) is 35.5 Å². The van der Waals surface area contributed by atoms with E-state index < -0.39 is 11.9 Å². The number of hydrogen-bond acceptors (Lipinski definition) is 9. The zero-order valence-electron chi connectivity index (χ0n) is 17.7. The van der Waals surface area contributed by atoms with E-state index >= 15 is 0 Å². The predicted octanol–water partition coefficient (Wildman–Crippen LogP) is 3.96. The van der Waals surface area contributed by atoms with Crippen molar-refractivity contribution in [3.05, 3.63) is 78.1 Å². The number of amides is 1. The summed E-state index contributed by atoms with van der Waals surface area (Å²) in [6.07, 6.45) is 1.37. The number of ether oxygens (including phenoxy) is 3. The van der Waals surface area contributed by atoms with Crippen molar-refractivity contribution in [1.29, 1.82) is 0 Å². The number of esters is 1. The first-order valence-corrected chi connectivity index (χ1v) is 9.75. The molecule has 0 aliphatic heterocycles. The van der Waals surface area contributed by atoms with E-state index in [1.165, 1.54) is 38.7 Å². The number of carbonyl (C=O) groups excluding carboxylic acids is 2. The molecule has 4 rings (SSSR count). The molecular formula is C23H19N3O7. The van der Waals surface area contributed by atoms with E-state index in [1.54, 1.807) is 6.07 Å². The Hall–Kier alpha value is -4.60. The summed E-state index contributed by atoms with van der Waals surface area (Å²) in [5.74, 6) is -0.139. The fourth-order valence-electron chi connectivity index (χ4n) is 2.97. The van der Waals surface area contributed by atoms with Crippen LogP contribution in [0.5, 0.6) is 11.5 Å². The van der Waals surface area contributed by atoms with Gasteiger partial charge in [0, 0.05) is 17.7 Å². The number of nitrogens with zero attached hydrogens (tertiary/aromatic N) is 2. The van der Waals surface area contributed by atoms with Crippen LogP contribution in [-0.4, -0.2) is 36.2 Å². The van der Waals surface area contributed by atoms with Crippen molar-refractivity contribution < 1.29 is 32.7 Å². The molecule has 10 nitrogen and oxygen atoms in total. The van der Waals surface area contributed by atoms with Crippen LogP contribution in [0.4, 0.5) is 5.69 Å². The van der Waals surface area contributed by atoms with Gasteiger partial charge in [0.2, 0.25) is 5.82 Å². The molecule has 0 bridgehead atoms. The lowest BCUT2D eigenvalue weighted by Crippen LogP contribution is -2.16. The summed E-state index contributed by atoms with van der Waals surface area (Å²) in [4.78, 5) is 29.6. The Bertz CT molecular complexity index is 1250. The molecule has 0 unspecified atom stereocenters. The molecule has 0 saturated carbocycles. The summed E-state index contributed by atoms with van der Waals surface area (Å²) in [7, 11) is 2.87. The third kappa shape index (κ3) is 4.85. The van der Waals surface area contributed by atoms with Crippen LogP contribution in [0, 0.1) is 0 Å². The van der Waals surface area contributed by atoms with Crippen molar-refractivity contribution in [3.63, 3.8) is 0 Å². The second-order valence-corrected chi connectivity index (χ2v) is 6.64. The maximum Gasteiger partial charge on any atom is 0.340 e. The molecule has 168 valence electrons. The molecule has 2 aromatic heterocycles. The minimum Gasteiger partial charge on any atom is -0.493 e. The summed E-state index contributed by atoms with van der Waals surface area (Å²) in [6.45, 7) is -0.265. The van der Waals surface area contributed by atoms with E-state index in [-0.39, 0.29) is 35.3 Å². The standard InChI is InChI=1S/C23H19N3O7/c1-29-18-11-15(16(12-19(18)30-2)24-22(27)17-9-6-10-31-17)23(28)32-13-20-25-21(26-33-20)14-7-4-3-5-8-14/h3-12H,13H2,1-2H3,(H,24,27). The third-order valence-electron chi connectivity index (χ3n) is 4.56. The average molecular weight is 449 g/mol. The van der Waals surface area contributed by atoms with Gasteiger partial charge in [0.1, 0.15) is 0 Å². The molecule has 10 heteroatoms. The predicted molar refractivity (Wildman–Crippen MR) is 115 cm³/mol. The van der Waals surface area contributed by atoms with Gasteiger partial charge in [-0.15, -0.1) is 0 Å². The highest BCUT2D eigenvalue weighted by Crippen LogP contribution is 2.34. The number of rotatable bonds is 8. The maximum absolute atomic E-state index is 12.9. The monoisotopic (exact) mass is 449 g/mol. The van der Waals surface area contributed by atoms with Crippen molar-refractivity contribution in [1.82, 2.24) is 10.1 Å². The van der Waals surface area contributed by atoms with Gasteiger partial charge in [-0.25, -0.2) is 4.79 Å². The van der Waals surface area contributed by atoms with Crippen LogP contribution in [0.2, 0.25) is 0 Å². The number of benzene rings is 2. The lowest BCUT2D eigenvalue weighted by molar-refractivity contribution is 0.0430. The Labute approximate surface area is 188 Å². The van der Waals surface area contributed by atoms with Gasteiger partial charge >= 0.3 is 5.97 Å². The van der Waals surface area contributed by atoms with E-state index in [4.69, 9.17) is 23.2 Å². The molecule has 2 heterocycles. The summed E-state index contributed by atoms with van der Waals surface area (Å²) in [5.41, 5.74) is 0.951. The fourth-order valence-corrected chi connectivity index (χ4v) is 2.97. The Morgan fingerprint density at radius 2 is 1.76 bits per heavy atom. The highest BCUT2D eigenvalue weighted by molar-refractivity contribution is 6.07. The van der Waals surface area contributed by atoms with Gasteiger partial charge < -0.3 is 28.5 Å². The molecule has 0 aliphatic rings. The molecular weight excluding hydrogens is 430 g/mol. The van der Waals surface area contributed by atoms with Gasteiger partial charge in [0.05, 0.1) is 31.7 Å². The van der Waals surface area contributed by atoms with Gasteiger partial charge in [0.15, 0.2) is 23.9 Å². The molecule has 0 radical (unpaired) electrons. The Kier molecular flexibility index (Phi) is 6.35. The highest BCUT2D eigenvalue weighted by Gasteiger charge is 2.22. The topological polar surface area (TPSA) is 126 Å². The van der Waals surface area contributed by atoms with Crippen molar-refractivity contribution in [2.24, 2.45) is 0 Å². The summed E-state index contributed by atoms with van der Waals surface area (Å²) in [6, 6.07) is 15.2. The lowest BCUT2D eigenvalue weighted by atomic mass is 10.1. The van der Waals surface area contributed by atoms with Crippen LogP contribution in [0.15, 0.2) is 69.8 Å². The first kappa shape index (κ1) is 21.6. The highest BCUT2D eigenvalue weighted by atomic mass is 16.6. The fraction of sp³-hybridized carbons (Fsp3) is 0.130. The van der Waals surface area contributed by atoms with Crippen LogP contribution >= 0.6 is 0 Å². The number of methoxy groups -OCH3 is 2. The van der Waals surface area contributed by atoms with Crippen molar-refractivity contribution in [2.75, 3.05) is 19.5 Å². The third-order valence-corrected chi connectivity index (χ3v) is 4.56. The number of nitrogens with one attached hydrogen (secondary N) is 1. The first-order valence-electron chi connectivity index (χ1n) is 9.75. The van der Waals surface area contributed by atoms with E-state index in [1.807, 2.05) is 30.3 Å². The zero-order chi connectivity index (χ0) is 23.2. The molecule has 2 aromatic carbocycles. The molecule has 1 amide bonds. The largest absolute Gasteiger partial charge is 0.493 e. The van der Waals surface area contributed by atoms with E-state index in [0.29, 0.717) is 11.6 Å². The molecule has 0 aliphatic carbocycles. The number of furan rings is 1. The SMILES string of the molecule is COc1cc(NC(=O)c2ccco2)c(C(=O)OCc2nc(-c3ccccc3)no2)cc1OC. The molecule has 1 N–H and O–H groups in total. The van der Waals surface area contributed by atoms with Gasteiger partial charge in [0.25, 0.3) is 11.8 Å². The molecule has 33 heavy (non-hydrogen) atoms. The summed E-state index contributed by atoms with van der Waals surface area (Å²) in [5, 5.41) is 6.51. The van der Waals surface area contributed by atoms with E-state index in [2.05, 4.69) is 15.5 Å². The Morgan fingerprint density at radius 1 is 1.00 bits per heavy atom. The van der Waals surface area contributed by atoms with Gasteiger partial charge in [-0.2, -0.15) is 4.98 Å². The van der Waals surface area contributed by atoms with Crippen LogP contribution in [0.3, 0.4) is 0 Å². The second kappa shape index (κ2) is 9.69. The number of anilines is 1. The summed E-state index contributed by atoms with van der Waals surface area (Å²) >= 11 is 0. The van der Waals surface area contributed by atoms with Crippen molar-refractivity contribution in [2.45, 2.75) is 6.61 Å². The van der Waals surface area contributed by atoms with Crippen molar-refractivity contribution >= 4 is 17.6 Å². The number of carbonyl (C=O) groups is 2. The second-order valence-electron chi connectivity index (χ2n) is 6.64. The maximum atomic E-state index is 12.9. The zero-order valence-corrected chi connectivity index (χ0v) is 17.7. The van der Waals surface area contributed by atoms with Crippen LogP contribution < -0.4 is 14.8 Å². The number of aromatic nitrogens is 2. The van der Waals surface area contributed by atoms with Crippen LogP contribution in [-0.2, 0) is 11.3 Å². The average Bonchev–Trinajstić information content (AvgIpc) is 3.55. The molecule has 0 spiro atoms. The Balaban J connectivity index is 1.54. The van der Waals surface area contributed by atoms with Gasteiger partial charge in [-0.05, 0) is 12.1 Å². The molecule has 0 atom stereocenters. The van der Waals surface area contributed by atoms with E-state index in [0.717, 1.165) is 5.56 Å². The van der Waals surface area contributed by atoms with Crippen LogP contribution in [0.25, 0.3) is 11.4 Å². The molecule has 4 aromatic rings. The van der Waals surface area contributed by atoms with Crippen LogP contribution in [0.1, 0.15) is 26.8 Å². The molecule has 0 saturated heterocycles. The normalized spacial score (nSPS) is 10.5. The van der Waals surface area contributed by atoms with E-state index in [9.17, 15) is 9.59 Å². The minimum absolute atomic E-state index is 0.0374. The number of hydrogen-bond donors (Lipinski definition) is 1. The Morgan fingerprint density at radius 3 is 2.45 bits per heavy atom. The lowest BCUT2D eigenvalue weighted by Gasteiger charge is -2.14. The minimum atomic E-state index is -0.745. The summed E-state index contributed by atoms with van der Waals surface area (Å²) < 4.78 is 26.2. The first-order chi connectivity index (χ1) is 16.1. The van der Waals surface area contributed by atoms with Gasteiger partial charge in [-0.3, -0.25) is 4.79 Å². The smallest absolute Gasteiger partial charge is 0.340 e.